The van der Waals surface area contributed by atoms with Crippen molar-refractivity contribution >= 4 is 35.4 Å². The van der Waals surface area contributed by atoms with Gasteiger partial charge in [-0.15, -0.1) is 0 Å². The highest BCUT2D eigenvalue weighted by Gasteiger charge is 2.23. The maximum atomic E-state index is 5.07. The lowest BCUT2D eigenvalue weighted by atomic mass is 9.78. The van der Waals surface area contributed by atoms with E-state index in [4.69, 9.17) is 9.97 Å². The molecule has 0 spiro atoms. The van der Waals surface area contributed by atoms with Crippen LogP contribution < -0.4 is 25.6 Å². The quantitative estimate of drug-likeness (QED) is 0.509. The van der Waals surface area contributed by atoms with Crippen molar-refractivity contribution in [3.63, 3.8) is 0 Å². The minimum absolute atomic E-state index is 0.614. The van der Waals surface area contributed by atoms with Crippen LogP contribution in [0.4, 0.5) is 23.3 Å². The van der Waals surface area contributed by atoms with E-state index in [1.165, 1.54) is 54.5 Å². The Morgan fingerprint density at radius 1 is 0.974 bits per heavy atom. The van der Waals surface area contributed by atoms with Gasteiger partial charge in [0, 0.05) is 38.4 Å². The first-order chi connectivity index (χ1) is 18.7. The maximum Gasteiger partial charge on any atom is 0.229 e. The number of nitrogens with zero attached hydrogens (tertiary/aromatic N) is 4. The van der Waals surface area contributed by atoms with Crippen LogP contribution in [0.25, 0.3) is 12.2 Å². The molecule has 1 N–H and O–H groups in total. The predicted molar refractivity (Wildman–Crippen MR) is 160 cm³/mol. The predicted octanol–water partition coefficient (Wildman–Crippen LogP) is 5.86. The number of aromatic nitrogens is 2. The molecule has 5 nitrogen and oxygen atoms in total. The Bertz CT molecular complexity index is 1350. The van der Waals surface area contributed by atoms with Crippen molar-refractivity contribution in [2.75, 3.05) is 41.8 Å². The minimum Gasteiger partial charge on any atom is -0.356 e. The fourth-order valence-electron chi connectivity index (χ4n) is 6.29. The summed E-state index contributed by atoms with van der Waals surface area (Å²) in [6.07, 6.45) is 27.1. The number of piperidine rings is 1. The molecule has 1 fully saturated rings. The van der Waals surface area contributed by atoms with Crippen molar-refractivity contribution in [2.45, 2.75) is 57.8 Å². The molecule has 198 valence electrons. The zero-order valence-corrected chi connectivity index (χ0v) is 22.8. The first kappa shape index (κ1) is 25.0. The second-order valence-electron chi connectivity index (χ2n) is 11.3. The van der Waals surface area contributed by atoms with E-state index in [0.29, 0.717) is 11.8 Å². The minimum atomic E-state index is 0.614. The molecule has 2 unspecified atom stereocenters. The standard InChI is InChI=1S/C33H41N5/c1-37(21-18-27-15-14-25-10-4-2-5-12-28(27)22-25)33-35-31(24-32(36-33)38-19-8-3-9-20-38)34-30-17-16-26-11-6-7-13-29(26)23-30/h2,4-5,11-13,16-17,22-25,27H,3,6-10,14-15,18-21H2,1H3,(H,34,35,36). The van der Waals surface area contributed by atoms with Crippen LogP contribution in [-0.4, -0.2) is 36.6 Å². The molecule has 1 saturated heterocycles. The summed E-state index contributed by atoms with van der Waals surface area (Å²) in [7, 11) is 2.15. The molecule has 2 atom stereocenters. The number of hydrogen-bond acceptors (Lipinski definition) is 5. The number of rotatable bonds is 7. The Kier molecular flexibility index (Phi) is 7.61. The number of anilines is 4. The summed E-state index contributed by atoms with van der Waals surface area (Å²) < 4.78 is 0. The van der Waals surface area contributed by atoms with E-state index in [-0.39, 0.29) is 0 Å². The molecule has 38 heavy (non-hydrogen) atoms. The third kappa shape index (κ3) is 5.87. The monoisotopic (exact) mass is 507 g/mol. The van der Waals surface area contributed by atoms with Gasteiger partial charge in [0.15, 0.2) is 0 Å². The number of nitrogens with one attached hydrogen (secondary N) is 1. The second kappa shape index (κ2) is 11.6. The van der Waals surface area contributed by atoms with Gasteiger partial charge in [0.2, 0.25) is 5.95 Å². The van der Waals surface area contributed by atoms with Crippen LogP contribution in [0.2, 0.25) is 0 Å². The third-order valence-electron chi connectivity index (χ3n) is 8.55. The second-order valence-corrected chi connectivity index (χ2v) is 11.3. The molecular weight excluding hydrogens is 466 g/mol. The summed E-state index contributed by atoms with van der Waals surface area (Å²) in [5, 5.41) is 6.26. The molecule has 4 aliphatic rings. The first-order valence-electron chi connectivity index (χ1n) is 14.7. The largest absolute Gasteiger partial charge is 0.356 e. The highest BCUT2D eigenvalue weighted by molar-refractivity contribution is 5.63. The smallest absolute Gasteiger partial charge is 0.229 e. The zero-order valence-electron chi connectivity index (χ0n) is 22.8. The molecule has 2 aromatic rings. The third-order valence-corrected chi connectivity index (χ3v) is 8.55. The van der Waals surface area contributed by atoms with Gasteiger partial charge in [-0.25, -0.2) is 0 Å². The Morgan fingerprint density at radius 3 is 2.74 bits per heavy atom. The lowest BCUT2D eigenvalue weighted by Crippen LogP contribution is -2.31. The van der Waals surface area contributed by atoms with Crippen LogP contribution in [0.5, 0.6) is 0 Å². The molecule has 1 aromatic carbocycles. The van der Waals surface area contributed by atoms with E-state index in [2.05, 4.69) is 89.0 Å². The van der Waals surface area contributed by atoms with Crippen LogP contribution in [0.1, 0.15) is 57.8 Å². The van der Waals surface area contributed by atoms with Gasteiger partial charge >= 0.3 is 0 Å². The number of benzene rings is 1. The molecule has 2 heterocycles. The Morgan fingerprint density at radius 2 is 1.84 bits per heavy atom. The fraction of sp³-hybridized carbons (Fsp3) is 0.455. The fourth-order valence-corrected chi connectivity index (χ4v) is 6.29. The van der Waals surface area contributed by atoms with E-state index in [0.717, 1.165) is 62.2 Å². The summed E-state index contributed by atoms with van der Waals surface area (Å²) in [6.45, 7) is 3.09. The number of allylic oxidation sites excluding steroid dienone is 6. The summed E-state index contributed by atoms with van der Waals surface area (Å²) in [5.74, 6) is 4.05. The van der Waals surface area contributed by atoms with Gasteiger partial charge < -0.3 is 15.1 Å². The maximum absolute atomic E-state index is 5.07. The Balaban J connectivity index is 1.22. The van der Waals surface area contributed by atoms with Crippen LogP contribution in [-0.2, 0) is 0 Å². The average molecular weight is 508 g/mol. The summed E-state index contributed by atoms with van der Waals surface area (Å²) in [4.78, 5) is 14.8. The van der Waals surface area contributed by atoms with E-state index in [9.17, 15) is 0 Å². The molecule has 5 heteroatoms. The van der Waals surface area contributed by atoms with E-state index in [1.54, 1.807) is 0 Å². The molecule has 2 bridgehead atoms. The molecule has 0 radical (unpaired) electrons. The van der Waals surface area contributed by atoms with E-state index in [1.807, 2.05) is 0 Å². The number of hydrogen-bond donors (Lipinski definition) is 1. The first-order valence-corrected chi connectivity index (χ1v) is 14.7. The summed E-state index contributed by atoms with van der Waals surface area (Å²) >= 11 is 0. The van der Waals surface area contributed by atoms with Crippen molar-refractivity contribution in [3.05, 3.63) is 70.7 Å². The van der Waals surface area contributed by atoms with Crippen LogP contribution in [0.15, 0.2) is 60.2 Å². The van der Waals surface area contributed by atoms with Gasteiger partial charge in [0.1, 0.15) is 11.6 Å². The molecular formula is C33H41N5. The van der Waals surface area contributed by atoms with Crippen LogP contribution >= 0.6 is 0 Å². The van der Waals surface area contributed by atoms with Crippen molar-refractivity contribution in [3.8, 4) is 0 Å². The van der Waals surface area contributed by atoms with E-state index < -0.39 is 0 Å². The van der Waals surface area contributed by atoms with Crippen molar-refractivity contribution in [2.24, 2.45) is 11.8 Å². The highest BCUT2D eigenvalue weighted by atomic mass is 15.3. The van der Waals surface area contributed by atoms with Crippen LogP contribution in [0.3, 0.4) is 0 Å². The molecule has 1 aromatic heterocycles. The van der Waals surface area contributed by atoms with Crippen molar-refractivity contribution in [1.29, 1.82) is 0 Å². The van der Waals surface area contributed by atoms with Gasteiger partial charge in [0.05, 0.1) is 0 Å². The summed E-state index contributed by atoms with van der Waals surface area (Å²) in [6, 6.07) is 8.77. The lowest BCUT2D eigenvalue weighted by molar-refractivity contribution is 0.424. The summed E-state index contributed by atoms with van der Waals surface area (Å²) in [5.41, 5.74) is 2.60. The van der Waals surface area contributed by atoms with Gasteiger partial charge in [0.25, 0.3) is 0 Å². The van der Waals surface area contributed by atoms with Gasteiger partial charge in [-0.1, -0.05) is 48.6 Å². The average Bonchev–Trinajstić information content (AvgIpc) is 2.95. The van der Waals surface area contributed by atoms with Crippen molar-refractivity contribution in [1.82, 2.24) is 9.97 Å². The topological polar surface area (TPSA) is 44.3 Å². The van der Waals surface area contributed by atoms with Gasteiger partial charge in [-0.2, -0.15) is 9.97 Å². The van der Waals surface area contributed by atoms with Gasteiger partial charge in [-0.05, 0) is 97.8 Å². The lowest BCUT2D eigenvalue weighted by Gasteiger charge is -2.30. The van der Waals surface area contributed by atoms with Crippen molar-refractivity contribution < 1.29 is 0 Å². The Labute approximate surface area is 227 Å². The molecule has 0 saturated carbocycles. The molecule has 1 aliphatic heterocycles. The van der Waals surface area contributed by atoms with E-state index >= 15 is 0 Å². The molecule has 3 aliphatic carbocycles. The normalized spacial score (nSPS) is 22.3. The molecule has 6 rings (SSSR count). The highest BCUT2D eigenvalue weighted by Crippen LogP contribution is 2.34. The zero-order chi connectivity index (χ0) is 25.7. The number of fused-ring (bicyclic) bond motifs is 2. The Hall–Kier alpha value is -3.34. The van der Waals surface area contributed by atoms with Gasteiger partial charge in [-0.3, -0.25) is 0 Å². The van der Waals surface area contributed by atoms with Crippen LogP contribution in [0, 0.1) is 11.8 Å². The SMILES string of the molecule is CN(CCC1CCC2C=C1C=CC=CC2)c1nc(Nc2ccc3c(c2)=CCCC=3)cc(N2CCCCC2)n1. The molecule has 0 amide bonds.